The molecule has 0 bridgehead atoms. The number of benzene rings is 2. The summed E-state index contributed by atoms with van der Waals surface area (Å²) >= 11 is 0. The summed E-state index contributed by atoms with van der Waals surface area (Å²) in [6.07, 6.45) is 0.0759. The van der Waals surface area contributed by atoms with Gasteiger partial charge >= 0.3 is 0 Å². The molecule has 0 fully saturated rings. The minimum absolute atomic E-state index is 0.0960. The number of carbonyl (C=O) groups excluding carboxylic acids is 1. The third-order valence-corrected chi connectivity index (χ3v) is 5.33. The monoisotopic (exact) mass is 397 g/mol. The molecule has 0 radical (unpaired) electrons. The lowest BCUT2D eigenvalue weighted by Crippen LogP contribution is -2.39. The molecule has 4 nitrogen and oxygen atoms in total. The molecule has 2 rings (SSSR count). The summed E-state index contributed by atoms with van der Waals surface area (Å²) in [6, 6.07) is 10.1. The van der Waals surface area contributed by atoms with Crippen molar-refractivity contribution in [3.05, 3.63) is 58.1 Å². The summed E-state index contributed by atoms with van der Waals surface area (Å²) in [5, 5.41) is 3.14. The van der Waals surface area contributed by atoms with Crippen molar-refractivity contribution in [2.75, 3.05) is 7.11 Å². The molecule has 1 N–H and O–H groups in total. The predicted octanol–water partition coefficient (Wildman–Crippen LogP) is 5.78. The highest BCUT2D eigenvalue weighted by Gasteiger charge is 2.23. The van der Waals surface area contributed by atoms with Crippen LogP contribution in [0.3, 0.4) is 0 Å². The van der Waals surface area contributed by atoms with Gasteiger partial charge in [0.25, 0.3) is 5.91 Å². The van der Waals surface area contributed by atoms with Crippen molar-refractivity contribution in [1.82, 2.24) is 5.32 Å². The molecule has 4 heteroatoms. The largest absolute Gasteiger partial charge is 0.496 e. The minimum atomic E-state index is -0.526. The summed E-state index contributed by atoms with van der Waals surface area (Å²) in [5.74, 6) is 1.89. The van der Waals surface area contributed by atoms with Crippen LogP contribution in [-0.4, -0.2) is 19.1 Å². The molecule has 0 aliphatic heterocycles. The third-order valence-electron chi connectivity index (χ3n) is 5.33. The second kappa shape index (κ2) is 9.82. The van der Waals surface area contributed by atoms with Crippen molar-refractivity contribution in [3.8, 4) is 11.5 Å². The number of hydrogen-bond donors (Lipinski definition) is 1. The molecular formula is C25H35NO3. The Kier molecular flexibility index (Phi) is 7.72. The lowest BCUT2D eigenvalue weighted by Gasteiger charge is -2.24. The first-order valence-corrected chi connectivity index (χ1v) is 10.4. The Morgan fingerprint density at radius 2 is 1.66 bits per heavy atom. The topological polar surface area (TPSA) is 47.6 Å². The van der Waals surface area contributed by atoms with Gasteiger partial charge in [-0.2, -0.15) is 0 Å². The van der Waals surface area contributed by atoms with Gasteiger partial charge in [0, 0.05) is 0 Å². The molecule has 0 unspecified atom stereocenters. The van der Waals surface area contributed by atoms with Crippen LogP contribution in [0.2, 0.25) is 0 Å². The van der Waals surface area contributed by atoms with E-state index in [9.17, 15) is 4.79 Å². The van der Waals surface area contributed by atoms with Crippen molar-refractivity contribution in [2.24, 2.45) is 0 Å². The summed E-state index contributed by atoms with van der Waals surface area (Å²) < 4.78 is 11.6. The molecule has 158 valence electrons. The number of hydrogen-bond acceptors (Lipinski definition) is 3. The average Bonchev–Trinajstić information content (AvgIpc) is 2.66. The summed E-state index contributed by atoms with van der Waals surface area (Å²) in [7, 11) is 1.70. The Bertz CT molecular complexity index is 857. The number of nitrogens with one attached hydrogen (secondary N) is 1. The quantitative estimate of drug-likeness (QED) is 0.614. The molecule has 0 spiro atoms. The van der Waals surface area contributed by atoms with Gasteiger partial charge in [-0.05, 0) is 80.5 Å². The molecule has 0 saturated carbocycles. The Morgan fingerprint density at radius 3 is 2.21 bits per heavy atom. The molecule has 1 amide bonds. The highest BCUT2D eigenvalue weighted by Crippen LogP contribution is 2.32. The maximum atomic E-state index is 12.9. The van der Waals surface area contributed by atoms with E-state index in [-0.39, 0.29) is 11.9 Å². The van der Waals surface area contributed by atoms with E-state index in [0.29, 0.717) is 12.3 Å². The van der Waals surface area contributed by atoms with Gasteiger partial charge in [-0.15, -0.1) is 0 Å². The molecule has 2 aromatic carbocycles. The molecule has 0 heterocycles. The van der Waals surface area contributed by atoms with Gasteiger partial charge in [0.2, 0.25) is 0 Å². The normalized spacial score (nSPS) is 13.1. The van der Waals surface area contributed by atoms with Crippen LogP contribution in [0.5, 0.6) is 11.5 Å². The standard InChI is InChI=1S/C25H35NO3/c1-9-22(29-23-11-10-16(4)12-18(23)6)25(27)26-19(7)21-14-20(15(2)3)24(28-8)13-17(21)5/h10-15,19,22H,9H2,1-8H3,(H,26,27)/t19-,22-/m0/s1. The van der Waals surface area contributed by atoms with Gasteiger partial charge in [0.15, 0.2) is 6.10 Å². The lowest BCUT2D eigenvalue weighted by molar-refractivity contribution is -0.128. The van der Waals surface area contributed by atoms with E-state index >= 15 is 0 Å². The Balaban J connectivity index is 2.19. The van der Waals surface area contributed by atoms with Crippen LogP contribution < -0.4 is 14.8 Å². The van der Waals surface area contributed by atoms with Crippen LogP contribution in [0.1, 0.15) is 73.9 Å². The van der Waals surface area contributed by atoms with E-state index in [0.717, 1.165) is 33.8 Å². The highest BCUT2D eigenvalue weighted by molar-refractivity contribution is 5.81. The number of methoxy groups -OCH3 is 1. The molecular weight excluding hydrogens is 362 g/mol. The molecule has 2 atom stereocenters. The van der Waals surface area contributed by atoms with Crippen LogP contribution in [0, 0.1) is 20.8 Å². The first-order valence-electron chi connectivity index (χ1n) is 10.4. The van der Waals surface area contributed by atoms with Gasteiger partial charge in [-0.25, -0.2) is 0 Å². The molecule has 29 heavy (non-hydrogen) atoms. The van der Waals surface area contributed by atoms with Gasteiger partial charge in [0.05, 0.1) is 13.2 Å². The SMILES string of the molecule is CC[C@H](Oc1ccc(C)cc1C)C(=O)N[C@@H](C)c1cc(C(C)C)c(OC)cc1C. The molecule has 0 aliphatic carbocycles. The zero-order valence-corrected chi connectivity index (χ0v) is 19.1. The molecule has 0 aliphatic rings. The first-order chi connectivity index (χ1) is 13.7. The zero-order chi connectivity index (χ0) is 21.7. The first kappa shape index (κ1) is 22.8. The van der Waals surface area contributed by atoms with Crippen LogP contribution >= 0.6 is 0 Å². The molecule has 0 aromatic heterocycles. The van der Waals surface area contributed by atoms with E-state index in [1.54, 1.807) is 7.11 Å². The number of aryl methyl sites for hydroxylation is 3. The van der Waals surface area contributed by atoms with Crippen molar-refractivity contribution in [2.45, 2.75) is 73.0 Å². The second-order valence-electron chi connectivity index (χ2n) is 8.12. The van der Waals surface area contributed by atoms with Crippen LogP contribution in [0.25, 0.3) is 0 Å². The van der Waals surface area contributed by atoms with Gasteiger partial charge in [0.1, 0.15) is 11.5 Å². The van der Waals surface area contributed by atoms with Gasteiger partial charge < -0.3 is 14.8 Å². The van der Waals surface area contributed by atoms with Gasteiger partial charge in [-0.3, -0.25) is 4.79 Å². The van der Waals surface area contributed by atoms with Crippen molar-refractivity contribution in [3.63, 3.8) is 0 Å². The summed E-state index contributed by atoms with van der Waals surface area (Å²) in [4.78, 5) is 12.9. The van der Waals surface area contributed by atoms with Crippen LogP contribution in [-0.2, 0) is 4.79 Å². The fourth-order valence-electron chi connectivity index (χ4n) is 3.60. The lowest BCUT2D eigenvalue weighted by atomic mass is 9.93. The van der Waals surface area contributed by atoms with Crippen molar-refractivity contribution < 1.29 is 14.3 Å². The Labute approximate surface area is 175 Å². The minimum Gasteiger partial charge on any atom is -0.496 e. The average molecular weight is 398 g/mol. The Morgan fingerprint density at radius 1 is 0.966 bits per heavy atom. The fourth-order valence-corrected chi connectivity index (χ4v) is 3.60. The number of amides is 1. The smallest absolute Gasteiger partial charge is 0.261 e. The molecule has 2 aromatic rings. The van der Waals surface area contributed by atoms with Crippen molar-refractivity contribution >= 4 is 5.91 Å². The number of carbonyl (C=O) groups is 1. The zero-order valence-electron chi connectivity index (χ0n) is 19.1. The van der Waals surface area contributed by atoms with E-state index < -0.39 is 6.10 Å². The maximum Gasteiger partial charge on any atom is 0.261 e. The van der Waals surface area contributed by atoms with Crippen LogP contribution in [0.15, 0.2) is 30.3 Å². The predicted molar refractivity (Wildman–Crippen MR) is 119 cm³/mol. The van der Waals surface area contributed by atoms with Crippen LogP contribution in [0.4, 0.5) is 0 Å². The number of ether oxygens (including phenoxy) is 2. The van der Waals surface area contributed by atoms with E-state index in [2.05, 4.69) is 37.4 Å². The van der Waals surface area contributed by atoms with Gasteiger partial charge in [-0.1, -0.05) is 38.5 Å². The van der Waals surface area contributed by atoms with E-state index in [1.807, 2.05) is 46.8 Å². The maximum absolute atomic E-state index is 12.9. The fraction of sp³-hybridized carbons (Fsp3) is 0.480. The Hall–Kier alpha value is -2.49. The van der Waals surface area contributed by atoms with E-state index in [4.69, 9.17) is 9.47 Å². The summed E-state index contributed by atoms with van der Waals surface area (Å²) in [6.45, 7) is 14.4. The van der Waals surface area contributed by atoms with E-state index in [1.165, 1.54) is 5.56 Å². The highest BCUT2D eigenvalue weighted by atomic mass is 16.5. The number of rotatable bonds is 8. The van der Waals surface area contributed by atoms with Crippen molar-refractivity contribution in [1.29, 1.82) is 0 Å². The third kappa shape index (κ3) is 5.53. The molecule has 0 saturated heterocycles. The summed E-state index contributed by atoms with van der Waals surface area (Å²) in [5.41, 5.74) is 5.56. The second-order valence-corrected chi connectivity index (χ2v) is 8.12.